The first-order chi connectivity index (χ1) is 40.4. The highest BCUT2D eigenvalue weighted by Gasteiger charge is 2.39. The van der Waals surface area contributed by atoms with Gasteiger partial charge >= 0.3 is 0 Å². The van der Waals surface area contributed by atoms with E-state index in [0.29, 0.717) is 0 Å². The van der Waals surface area contributed by atoms with E-state index in [2.05, 4.69) is 268 Å². The van der Waals surface area contributed by atoms with Gasteiger partial charge in [-0.1, -0.05) is 187 Å². The number of benzene rings is 8. The number of fused-ring (bicyclic) bond motifs is 11. The Balaban J connectivity index is 0.665. The van der Waals surface area contributed by atoms with Crippen molar-refractivity contribution >= 4 is 80.5 Å². The van der Waals surface area contributed by atoms with E-state index in [1.165, 1.54) is 89.0 Å². The minimum atomic E-state index is -0.224. The van der Waals surface area contributed by atoms with Gasteiger partial charge in [0.2, 0.25) is 0 Å². The van der Waals surface area contributed by atoms with E-state index >= 15 is 0 Å². The van der Waals surface area contributed by atoms with Crippen LogP contribution in [0.5, 0.6) is 0 Å². The highest BCUT2D eigenvalue weighted by Crippen LogP contribution is 2.54. The Morgan fingerprint density at radius 1 is 0.301 bits per heavy atom. The first kappa shape index (κ1) is 50.0. The number of hydrogen-bond acceptors (Lipinski definition) is 6. The van der Waals surface area contributed by atoms with E-state index in [0.717, 1.165) is 56.2 Å². The van der Waals surface area contributed by atoms with Crippen LogP contribution in [0.3, 0.4) is 0 Å². The van der Waals surface area contributed by atoms with E-state index in [4.69, 9.17) is 9.97 Å². The van der Waals surface area contributed by atoms with Crippen molar-refractivity contribution in [3.63, 3.8) is 0 Å². The van der Waals surface area contributed by atoms with Crippen LogP contribution in [0.25, 0.3) is 79.5 Å². The zero-order chi connectivity index (χ0) is 56.2. The van der Waals surface area contributed by atoms with Crippen LogP contribution in [0.4, 0.5) is 34.4 Å². The minimum Gasteiger partial charge on any atom is -0.293 e. The number of aromatic nitrogens is 4. The van der Waals surface area contributed by atoms with Crippen LogP contribution in [0, 0.1) is 0 Å². The summed E-state index contributed by atoms with van der Waals surface area (Å²) >= 11 is 0. The first-order valence-corrected chi connectivity index (χ1v) is 28.7. The number of anilines is 6. The molecule has 0 amide bonds. The Bertz CT molecular complexity index is 4370. The van der Waals surface area contributed by atoms with E-state index in [9.17, 15) is 0 Å². The minimum absolute atomic E-state index is 0.170. The topological polar surface area (TPSA) is 58.0 Å². The second-order valence-electron chi connectivity index (χ2n) is 24.0. The molecule has 0 unspecified atom stereocenters. The third-order valence-corrected chi connectivity index (χ3v) is 18.0. The molecule has 6 nitrogen and oxygen atoms in total. The fourth-order valence-corrected chi connectivity index (χ4v) is 13.5. The lowest BCUT2D eigenvalue weighted by Gasteiger charge is -2.27. The molecule has 3 aliphatic rings. The van der Waals surface area contributed by atoms with Gasteiger partial charge in [-0.2, -0.15) is 0 Å². The van der Waals surface area contributed by atoms with Gasteiger partial charge < -0.3 is 0 Å². The molecule has 0 atom stereocenters. The number of para-hydroxylation sites is 2. The molecule has 6 heteroatoms. The van der Waals surface area contributed by atoms with Gasteiger partial charge in [-0.15, -0.1) is 0 Å². The van der Waals surface area contributed by atoms with Gasteiger partial charge in [0.25, 0.3) is 0 Å². The average molecular weight is 1070 g/mol. The molecule has 15 rings (SSSR count). The predicted octanol–water partition coefficient (Wildman–Crippen LogP) is 19.8. The van der Waals surface area contributed by atoms with E-state index in [-0.39, 0.29) is 16.2 Å². The fraction of sp³-hybridized carbons (Fsp3) is 0.117. The van der Waals surface area contributed by atoms with Gasteiger partial charge in [0, 0.05) is 50.8 Å². The van der Waals surface area contributed by atoms with Crippen molar-refractivity contribution in [1.29, 1.82) is 0 Å². The summed E-state index contributed by atoms with van der Waals surface area (Å²) in [5.41, 5.74) is 25.8. The summed E-state index contributed by atoms with van der Waals surface area (Å²) in [5, 5.41) is 2.23. The molecular weight excluding hydrogens is 1010 g/mol. The standard InChI is InChI=1S/C77H60N6/c1-75(2)65-41-49(19-21-51-25-33-61-63-35-29-55(45-69(63)76(3,4)67(61)43-51)82(57-15-11-39-78-47-57)73-37-27-53-13-7-9-17-71(53)80-73)23-31-59(65)60-32-24-50(42-66(60)75)20-22-52-26-34-62-64-36-30-56(46-70(64)77(5,6)68(62)44-52)83(58-16-12-40-79-48-58)74-38-28-54-14-8-10-18-72(54)81-74/h7-48H,1-6H3/b21-19+,22-20+. The SMILES string of the molecule is CC1(C)c2cc(/C=C/c3ccc4c(c3)C(C)(C)c3cc(N(c5cccnc5)c5ccc6ccccc6n5)ccc3-4)ccc2-c2ccc(/C=C/c3ccc4c(c3)C(C)(C)c3cc(N(c5cccnc5)c5ccc6ccccc6n5)ccc3-4)cc21. The van der Waals surface area contributed by atoms with Crippen molar-refractivity contribution in [2.75, 3.05) is 9.80 Å². The van der Waals surface area contributed by atoms with Crippen LogP contribution in [0.2, 0.25) is 0 Å². The zero-order valence-electron chi connectivity index (χ0n) is 47.4. The number of pyridine rings is 4. The Morgan fingerprint density at radius 3 is 0.964 bits per heavy atom. The highest BCUT2D eigenvalue weighted by molar-refractivity contribution is 5.91. The first-order valence-electron chi connectivity index (χ1n) is 28.7. The maximum absolute atomic E-state index is 5.13. The molecule has 4 aromatic heterocycles. The molecule has 8 aromatic carbocycles. The van der Waals surface area contributed by atoms with Crippen molar-refractivity contribution in [1.82, 2.24) is 19.9 Å². The molecule has 12 aromatic rings. The second-order valence-corrected chi connectivity index (χ2v) is 24.0. The summed E-state index contributed by atoms with van der Waals surface area (Å²) < 4.78 is 0. The third-order valence-electron chi connectivity index (χ3n) is 18.0. The largest absolute Gasteiger partial charge is 0.293 e. The lowest BCUT2D eigenvalue weighted by molar-refractivity contribution is 0.660. The summed E-state index contributed by atoms with van der Waals surface area (Å²) in [5.74, 6) is 1.71. The van der Waals surface area contributed by atoms with Gasteiger partial charge in [0.1, 0.15) is 11.6 Å². The summed E-state index contributed by atoms with van der Waals surface area (Å²) in [7, 11) is 0. The predicted molar refractivity (Wildman–Crippen MR) is 345 cm³/mol. The molecule has 0 fully saturated rings. The normalized spacial score (nSPS) is 14.6. The molecule has 398 valence electrons. The molecule has 0 spiro atoms. The molecule has 3 aliphatic carbocycles. The van der Waals surface area contributed by atoms with Crippen LogP contribution in [0.15, 0.2) is 231 Å². The molecule has 0 saturated carbocycles. The van der Waals surface area contributed by atoms with E-state index in [1.54, 1.807) is 0 Å². The molecular formula is C77H60N6. The number of nitrogens with zero attached hydrogens (tertiary/aromatic N) is 6. The smallest absolute Gasteiger partial charge is 0.138 e. The van der Waals surface area contributed by atoms with Crippen molar-refractivity contribution < 1.29 is 0 Å². The van der Waals surface area contributed by atoms with Gasteiger partial charge in [0.05, 0.1) is 34.8 Å². The number of hydrogen-bond donors (Lipinski definition) is 0. The summed E-state index contributed by atoms with van der Waals surface area (Å²) in [6, 6.07) is 74.9. The maximum atomic E-state index is 5.13. The van der Waals surface area contributed by atoms with E-state index in [1.807, 2.05) is 49.1 Å². The van der Waals surface area contributed by atoms with Crippen LogP contribution in [0.1, 0.15) is 97.2 Å². The monoisotopic (exact) mass is 1070 g/mol. The summed E-state index contributed by atoms with van der Waals surface area (Å²) in [6.45, 7) is 14.2. The third kappa shape index (κ3) is 8.30. The van der Waals surface area contributed by atoms with Crippen LogP contribution in [-0.2, 0) is 16.2 Å². The average Bonchev–Trinajstić information content (AvgIpc) is 4.02. The Morgan fingerprint density at radius 2 is 0.627 bits per heavy atom. The summed E-state index contributed by atoms with van der Waals surface area (Å²) in [6.07, 6.45) is 16.6. The lowest BCUT2D eigenvalue weighted by Crippen LogP contribution is -2.17. The van der Waals surface area contributed by atoms with E-state index < -0.39 is 0 Å². The molecule has 0 saturated heterocycles. The molecule has 4 heterocycles. The molecule has 0 bridgehead atoms. The van der Waals surface area contributed by atoms with Crippen molar-refractivity contribution in [2.24, 2.45) is 0 Å². The number of rotatable bonds is 10. The van der Waals surface area contributed by atoms with Crippen LogP contribution < -0.4 is 9.80 Å². The zero-order valence-corrected chi connectivity index (χ0v) is 47.4. The fourth-order valence-electron chi connectivity index (χ4n) is 13.5. The van der Waals surface area contributed by atoms with Crippen molar-refractivity contribution in [3.05, 3.63) is 287 Å². The Hall–Kier alpha value is -10.0. The quantitative estimate of drug-likeness (QED) is 0.127. The highest BCUT2D eigenvalue weighted by atomic mass is 15.2. The maximum Gasteiger partial charge on any atom is 0.138 e. The van der Waals surface area contributed by atoms with Crippen molar-refractivity contribution in [2.45, 2.75) is 57.8 Å². The van der Waals surface area contributed by atoms with Gasteiger partial charge in [0.15, 0.2) is 0 Å². The summed E-state index contributed by atoms with van der Waals surface area (Å²) in [4.78, 5) is 23.7. The van der Waals surface area contributed by atoms with Crippen LogP contribution in [-0.4, -0.2) is 19.9 Å². The Kier molecular flexibility index (Phi) is 11.5. The van der Waals surface area contributed by atoms with Crippen LogP contribution >= 0.6 is 0 Å². The molecule has 0 N–H and O–H groups in total. The van der Waals surface area contributed by atoms with Crippen molar-refractivity contribution in [3.8, 4) is 33.4 Å². The Labute approximate surface area is 485 Å². The molecule has 83 heavy (non-hydrogen) atoms. The lowest BCUT2D eigenvalue weighted by atomic mass is 9.81. The van der Waals surface area contributed by atoms with Gasteiger partial charge in [-0.05, 0) is 174 Å². The van der Waals surface area contributed by atoms with Gasteiger partial charge in [-0.25, -0.2) is 9.97 Å². The molecule has 0 radical (unpaired) electrons. The van der Waals surface area contributed by atoms with Gasteiger partial charge in [-0.3, -0.25) is 19.8 Å². The second kappa shape index (κ2) is 19.0. The molecule has 0 aliphatic heterocycles.